The predicted octanol–water partition coefficient (Wildman–Crippen LogP) is 2.85. The Morgan fingerprint density at radius 1 is 1.09 bits per heavy atom. The summed E-state index contributed by atoms with van der Waals surface area (Å²) in [6, 6.07) is 16.5. The Morgan fingerprint density at radius 2 is 1.83 bits per heavy atom. The van der Waals surface area contributed by atoms with E-state index < -0.39 is 6.04 Å². The van der Waals surface area contributed by atoms with E-state index in [1.165, 1.54) is 11.1 Å². The Labute approximate surface area is 208 Å². The molecule has 7 nitrogen and oxygen atoms in total. The molecule has 2 fully saturated rings. The first-order valence-corrected chi connectivity index (χ1v) is 12.7. The summed E-state index contributed by atoms with van der Waals surface area (Å²) in [6.07, 6.45) is 3.33. The molecule has 2 aliphatic rings. The summed E-state index contributed by atoms with van der Waals surface area (Å²) in [5.74, 6) is 0.971. The number of amides is 2. The van der Waals surface area contributed by atoms with Gasteiger partial charge in [0.25, 0.3) is 0 Å². The Hall–Kier alpha value is -2.90. The van der Waals surface area contributed by atoms with Gasteiger partial charge in [0.1, 0.15) is 11.8 Å². The summed E-state index contributed by atoms with van der Waals surface area (Å²) >= 11 is 0. The Bertz CT molecular complexity index is 1010. The second-order valence-corrected chi connectivity index (χ2v) is 9.82. The zero-order valence-corrected chi connectivity index (χ0v) is 20.9. The minimum absolute atomic E-state index is 0.0918. The fourth-order valence-electron chi connectivity index (χ4n) is 4.92. The number of nitrogens with zero attached hydrogens (tertiary/aromatic N) is 2. The van der Waals surface area contributed by atoms with Gasteiger partial charge in [-0.25, -0.2) is 0 Å². The zero-order chi connectivity index (χ0) is 24.8. The number of hydrogen-bond acceptors (Lipinski definition) is 5. The molecule has 4 rings (SSSR count). The number of methoxy groups -OCH3 is 1. The van der Waals surface area contributed by atoms with Crippen molar-refractivity contribution in [1.82, 2.24) is 15.1 Å². The molecule has 35 heavy (non-hydrogen) atoms. The molecule has 7 heteroatoms. The van der Waals surface area contributed by atoms with E-state index in [0.717, 1.165) is 43.7 Å². The van der Waals surface area contributed by atoms with Crippen molar-refractivity contribution in [2.75, 3.05) is 26.7 Å². The quantitative estimate of drug-likeness (QED) is 0.548. The molecule has 0 aromatic heterocycles. The number of piperidine rings is 1. The summed E-state index contributed by atoms with van der Waals surface area (Å²) in [7, 11) is 1.68. The molecular formula is C28H38N4O3. The second-order valence-electron chi connectivity index (χ2n) is 9.82. The standard InChI is InChI=1S/C28H38N4O3/c1-20-6-8-21(9-7-20)18-31(19-22-4-3-5-25(16-22)35-2)24-12-15-32(28(34)23-10-11-23)26(17-24)27(33)30-14-13-29/h3-9,16,23-24,26H,10-15,17-19,29H2,1-2H3,(H,30,33)/t24?,26-/m1/s1. The number of carbonyl (C=O) groups excluding carboxylic acids is 2. The molecule has 2 aromatic rings. The van der Waals surface area contributed by atoms with Crippen LogP contribution in [0.4, 0.5) is 0 Å². The van der Waals surface area contributed by atoms with Crippen LogP contribution in [0.5, 0.6) is 5.75 Å². The van der Waals surface area contributed by atoms with Crippen molar-refractivity contribution in [2.24, 2.45) is 11.7 Å². The van der Waals surface area contributed by atoms with Gasteiger partial charge < -0.3 is 20.7 Å². The van der Waals surface area contributed by atoms with Gasteiger partial charge in [-0.05, 0) is 55.9 Å². The average molecular weight is 479 g/mol. The average Bonchev–Trinajstić information content (AvgIpc) is 3.73. The highest BCUT2D eigenvalue weighted by Crippen LogP contribution is 2.34. The number of carbonyl (C=O) groups is 2. The van der Waals surface area contributed by atoms with E-state index in [2.05, 4.69) is 53.5 Å². The first kappa shape index (κ1) is 25.2. The van der Waals surface area contributed by atoms with E-state index in [-0.39, 0.29) is 23.8 Å². The molecule has 2 amide bonds. The monoisotopic (exact) mass is 478 g/mol. The van der Waals surface area contributed by atoms with E-state index >= 15 is 0 Å². The van der Waals surface area contributed by atoms with Crippen molar-refractivity contribution < 1.29 is 14.3 Å². The summed E-state index contributed by atoms with van der Waals surface area (Å²) in [5.41, 5.74) is 9.26. The lowest BCUT2D eigenvalue weighted by atomic mass is 9.93. The Balaban J connectivity index is 1.57. The van der Waals surface area contributed by atoms with Crippen molar-refractivity contribution in [1.29, 1.82) is 0 Å². The van der Waals surface area contributed by atoms with E-state index in [1.54, 1.807) is 7.11 Å². The van der Waals surface area contributed by atoms with Crippen LogP contribution >= 0.6 is 0 Å². The Kier molecular flexibility index (Phi) is 8.42. The molecule has 0 bridgehead atoms. The van der Waals surface area contributed by atoms with Crippen LogP contribution in [0.2, 0.25) is 0 Å². The van der Waals surface area contributed by atoms with Crippen LogP contribution < -0.4 is 15.8 Å². The number of nitrogens with two attached hydrogens (primary N) is 1. The van der Waals surface area contributed by atoms with Crippen LogP contribution in [0.15, 0.2) is 48.5 Å². The molecule has 1 unspecified atom stereocenters. The number of rotatable bonds is 10. The zero-order valence-electron chi connectivity index (χ0n) is 20.9. The number of aryl methyl sites for hydroxylation is 1. The highest BCUT2D eigenvalue weighted by molar-refractivity contribution is 5.89. The molecule has 0 radical (unpaired) electrons. The number of hydrogen-bond donors (Lipinski definition) is 2. The van der Waals surface area contributed by atoms with Crippen LogP contribution in [-0.4, -0.2) is 60.4 Å². The summed E-state index contributed by atoms with van der Waals surface area (Å²) < 4.78 is 5.44. The first-order valence-electron chi connectivity index (χ1n) is 12.7. The number of nitrogens with one attached hydrogen (secondary N) is 1. The second kappa shape index (κ2) is 11.7. The van der Waals surface area contributed by atoms with Crippen molar-refractivity contribution >= 4 is 11.8 Å². The highest BCUT2D eigenvalue weighted by Gasteiger charge is 2.42. The molecule has 2 aromatic carbocycles. The van der Waals surface area contributed by atoms with Crippen LogP contribution in [0.1, 0.15) is 42.4 Å². The molecule has 1 saturated carbocycles. The van der Waals surface area contributed by atoms with Crippen molar-refractivity contribution in [3.05, 3.63) is 65.2 Å². The van der Waals surface area contributed by atoms with E-state index in [4.69, 9.17) is 10.5 Å². The van der Waals surface area contributed by atoms with Crippen molar-refractivity contribution in [2.45, 2.75) is 57.8 Å². The molecule has 1 aliphatic heterocycles. The lowest BCUT2D eigenvalue weighted by Gasteiger charge is -2.43. The SMILES string of the molecule is COc1cccc(CN(Cc2ccc(C)cc2)C2CCN(C(=O)C3CC3)[C@@H](C(=O)NCCN)C2)c1. The van der Waals surface area contributed by atoms with Gasteiger partial charge in [-0.15, -0.1) is 0 Å². The van der Waals surface area contributed by atoms with Gasteiger partial charge in [0.2, 0.25) is 11.8 Å². The summed E-state index contributed by atoms with van der Waals surface area (Å²) in [6.45, 7) is 5.01. The molecule has 1 aliphatic carbocycles. The van der Waals surface area contributed by atoms with Gasteiger partial charge >= 0.3 is 0 Å². The maximum Gasteiger partial charge on any atom is 0.242 e. The first-order chi connectivity index (χ1) is 17.0. The molecular weight excluding hydrogens is 440 g/mol. The smallest absolute Gasteiger partial charge is 0.242 e. The van der Waals surface area contributed by atoms with E-state index in [0.29, 0.717) is 26.1 Å². The minimum Gasteiger partial charge on any atom is -0.497 e. The van der Waals surface area contributed by atoms with Crippen LogP contribution in [0.25, 0.3) is 0 Å². The lowest BCUT2D eigenvalue weighted by molar-refractivity contribution is -0.144. The maximum atomic E-state index is 13.1. The summed E-state index contributed by atoms with van der Waals surface area (Å²) in [5, 5.41) is 2.93. The number of benzene rings is 2. The molecule has 0 spiro atoms. The molecule has 2 atom stereocenters. The van der Waals surface area contributed by atoms with Crippen LogP contribution in [0.3, 0.4) is 0 Å². The topological polar surface area (TPSA) is 87.9 Å². The fraction of sp³-hybridized carbons (Fsp3) is 0.500. The molecule has 1 heterocycles. The molecule has 188 valence electrons. The fourth-order valence-corrected chi connectivity index (χ4v) is 4.92. The van der Waals surface area contributed by atoms with Gasteiger partial charge in [-0.3, -0.25) is 14.5 Å². The van der Waals surface area contributed by atoms with Gasteiger partial charge in [-0.2, -0.15) is 0 Å². The third kappa shape index (κ3) is 6.61. The Morgan fingerprint density at radius 3 is 2.51 bits per heavy atom. The van der Waals surface area contributed by atoms with Crippen molar-refractivity contribution in [3.63, 3.8) is 0 Å². The number of ether oxygens (including phenoxy) is 1. The molecule has 3 N–H and O–H groups in total. The third-order valence-corrected chi connectivity index (χ3v) is 7.07. The van der Waals surface area contributed by atoms with Gasteiger partial charge in [0.05, 0.1) is 7.11 Å². The maximum absolute atomic E-state index is 13.1. The molecule has 1 saturated heterocycles. The largest absolute Gasteiger partial charge is 0.497 e. The lowest BCUT2D eigenvalue weighted by Crippen LogP contribution is -2.57. The number of likely N-dealkylation sites (tertiary alicyclic amines) is 1. The van der Waals surface area contributed by atoms with Gasteiger partial charge in [0, 0.05) is 44.7 Å². The van der Waals surface area contributed by atoms with Gasteiger partial charge in [0.15, 0.2) is 0 Å². The summed E-state index contributed by atoms with van der Waals surface area (Å²) in [4.78, 5) is 30.4. The van der Waals surface area contributed by atoms with Crippen LogP contribution in [-0.2, 0) is 22.7 Å². The normalized spacial score (nSPS) is 20.1. The van der Waals surface area contributed by atoms with E-state index in [1.807, 2.05) is 17.0 Å². The third-order valence-electron chi connectivity index (χ3n) is 7.07. The van der Waals surface area contributed by atoms with Crippen LogP contribution in [0, 0.1) is 12.8 Å². The van der Waals surface area contributed by atoms with Crippen molar-refractivity contribution in [3.8, 4) is 5.75 Å². The predicted molar refractivity (Wildman–Crippen MR) is 137 cm³/mol. The highest BCUT2D eigenvalue weighted by atomic mass is 16.5. The minimum atomic E-state index is -0.459. The van der Waals surface area contributed by atoms with Gasteiger partial charge in [-0.1, -0.05) is 42.0 Å². The van der Waals surface area contributed by atoms with E-state index in [9.17, 15) is 9.59 Å².